The third-order valence-corrected chi connectivity index (χ3v) is 3.51. The summed E-state index contributed by atoms with van der Waals surface area (Å²) in [5, 5.41) is 3.30. The van der Waals surface area contributed by atoms with Crippen LogP contribution in [0.15, 0.2) is 0 Å². The van der Waals surface area contributed by atoms with Gasteiger partial charge in [0.15, 0.2) is 0 Å². The van der Waals surface area contributed by atoms with Crippen LogP contribution in [-0.2, 0) is 0 Å². The highest BCUT2D eigenvalue weighted by molar-refractivity contribution is 4.84. The minimum Gasteiger partial charge on any atom is -0.319 e. The van der Waals surface area contributed by atoms with E-state index in [9.17, 15) is 0 Å². The van der Waals surface area contributed by atoms with E-state index in [0.29, 0.717) is 0 Å². The van der Waals surface area contributed by atoms with Gasteiger partial charge in [-0.15, -0.1) is 0 Å². The summed E-state index contributed by atoms with van der Waals surface area (Å²) in [5.74, 6) is 1.71. The molecule has 0 bridgehead atoms. The fourth-order valence-corrected chi connectivity index (χ4v) is 2.35. The van der Waals surface area contributed by atoms with E-state index in [4.69, 9.17) is 0 Å². The van der Waals surface area contributed by atoms with Crippen molar-refractivity contribution in [3.63, 3.8) is 0 Å². The summed E-state index contributed by atoms with van der Waals surface area (Å²) in [6.07, 6.45) is 2.72. The van der Waals surface area contributed by atoms with Gasteiger partial charge in [-0.05, 0) is 58.3 Å². The second kappa shape index (κ2) is 5.72. The predicted octanol–water partition coefficient (Wildman–Crippen LogP) is 1.96. The Bertz CT molecular complexity index is 156. The molecule has 1 heterocycles. The first-order chi connectivity index (χ1) is 6.65. The molecule has 0 amide bonds. The smallest absolute Gasteiger partial charge is 0.0108 e. The summed E-state index contributed by atoms with van der Waals surface area (Å²) in [4.78, 5) is 2.65. The van der Waals surface area contributed by atoms with Gasteiger partial charge in [-0.25, -0.2) is 0 Å². The lowest BCUT2D eigenvalue weighted by Gasteiger charge is -2.25. The average Bonchev–Trinajstić information content (AvgIpc) is 2.46. The molecule has 2 nitrogen and oxygen atoms in total. The normalized spacial score (nSPS) is 28.9. The molecule has 2 heteroatoms. The first-order valence-electron chi connectivity index (χ1n) is 6.03. The molecule has 2 atom stereocenters. The molecule has 0 radical (unpaired) electrons. The van der Waals surface area contributed by atoms with Crippen LogP contribution in [0.3, 0.4) is 0 Å². The summed E-state index contributed by atoms with van der Waals surface area (Å²) in [7, 11) is 2.06. The van der Waals surface area contributed by atoms with Crippen LogP contribution in [0.4, 0.5) is 0 Å². The summed E-state index contributed by atoms with van der Waals surface area (Å²) < 4.78 is 0. The van der Waals surface area contributed by atoms with E-state index in [1.807, 2.05) is 0 Å². The molecule has 0 aliphatic carbocycles. The highest BCUT2D eigenvalue weighted by atomic mass is 15.2. The van der Waals surface area contributed by atoms with Gasteiger partial charge in [-0.3, -0.25) is 0 Å². The average molecular weight is 198 g/mol. The molecular formula is C12H26N2. The zero-order chi connectivity index (χ0) is 10.6. The van der Waals surface area contributed by atoms with Crippen molar-refractivity contribution in [3.05, 3.63) is 0 Å². The molecule has 84 valence electrons. The van der Waals surface area contributed by atoms with Crippen molar-refractivity contribution in [1.82, 2.24) is 10.2 Å². The fraction of sp³-hybridized carbons (Fsp3) is 1.00. The molecule has 14 heavy (non-hydrogen) atoms. The van der Waals surface area contributed by atoms with E-state index in [0.717, 1.165) is 17.9 Å². The molecule has 0 aromatic heterocycles. The van der Waals surface area contributed by atoms with E-state index < -0.39 is 0 Å². The second-order valence-electron chi connectivity index (χ2n) is 5.07. The Morgan fingerprint density at radius 2 is 2.14 bits per heavy atom. The van der Waals surface area contributed by atoms with Crippen molar-refractivity contribution >= 4 is 0 Å². The third kappa shape index (κ3) is 3.25. The topological polar surface area (TPSA) is 15.3 Å². The number of nitrogens with one attached hydrogen (secondary N) is 1. The molecule has 1 fully saturated rings. The van der Waals surface area contributed by atoms with Crippen LogP contribution in [0.25, 0.3) is 0 Å². The quantitative estimate of drug-likeness (QED) is 0.726. The Kier molecular flexibility index (Phi) is 4.90. The number of hydrogen-bond acceptors (Lipinski definition) is 2. The molecule has 1 saturated heterocycles. The maximum Gasteiger partial charge on any atom is 0.0108 e. The van der Waals surface area contributed by atoms with Crippen LogP contribution < -0.4 is 5.32 Å². The van der Waals surface area contributed by atoms with Crippen LogP contribution in [-0.4, -0.2) is 37.6 Å². The highest BCUT2D eigenvalue weighted by Crippen LogP contribution is 2.23. The molecular weight excluding hydrogens is 172 g/mol. The molecule has 0 spiro atoms. The number of nitrogens with zero attached hydrogens (tertiary/aromatic N) is 1. The van der Waals surface area contributed by atoms with Crippen molar-refractivity contribution in [1.29, 1.82) is 0 Å². The number of likely N-dealkylation sites (tertiary alicyclic amines) is 1. The van der Waals surface area contributed by atoms with Crippen molar-refractivity contribution in [2.75, 3.05) is 26.7 Å². The molecule has 0 aromatic carbocycles. The lowest BCUT2D eigenvalue weighted by Crippen LogP contribution is -2.34. The Labute approximate surface area is 89.1 Å². The van der Waals surface area contributed by atoms with E-state index in [1.54, 1.807) is 0 Å². The molecule has 0 saturated carbocycles. The molecule has 1 aliphatic rings. The molecule has 0 aromatic rings. The van der Waals surface area contributed by atoms with Crippen LogP contribution >= 0.6 is 0 Å². The van der Waals surface area contributed by atoms with Crippen molar-refractivity contribution in [2.45, 2.75) is 39.7 Å². The standard InChI is InChI=1S/C12H26N2/c1-10(2)5-7-14-8-6-12(9-13-4)11(14)3/h10-13H,5-9H2,1-4H3. The van der Waals surface area contributed by atoms with Gasteiger partial charge in [0.05, 0.1) is 0 Å². The minimum atomic E-state index is 0.779. The predicted molar refractivity (Wildman–Crippen MR) is 62.5 cm³/mol. The zero-order valence-corrected chi connectivity index (χ0v) is 10.2. The maximum absolute atomic E-state index is 3.30. The molecule has 1 aliphatic heterocycles. The summed E-state index contributed by atoms with van der Waals surface area (Å²) in [6.45, 7) is 10.8. The van der Waals surface area contributed by atoms with Crippen LogP contribution in [0.5, 0.6) is 0 Å². The van der Waals surface area contributed by atoms with Crippen molar-refractivity contribution < 1.29 is 0 Å². The van der Waals surface area contributed by atoms with Crippen LogP contribution in [0, 0.1) is 11.8 Å². The van der Waals surface area contributed by atoms with E-state index >= 15 is 0 Å². The first-order valence-corrected chi connectivity index (χ1v) is 6.03. The van der Waals surface area contributed by atoms with Gasteiger partial charge >= 0.3 is 0 Å². The van der Waals surface area contributed by atoms with Gasteiger partial charge in [-0.2, -0.15) is 0 Å². The zero-order valence-electron chi connectivity index (χ0n) is 10.2. The highest BCUT2D eigenvalue weighted by Gasteiger charge is 2.29. The van der Waals surface area contributed by atoms with Crippen LogP contribution in [0.2, 0.25) is 0 Å². The van der Waals surface area contributed by atoms with Gasteiger partial charge in [0.2, 0.25) is 0 Å². The Balaban J connectivity index is 2.28. The summed E-state index contributed by atoms with van der Waals surface area (Å²) in [6, 6.07) is 0.779. The van der Waals surface area contributed by atoms with Crippen molar-refractivity contribution in [3.8, 4) is 0 Å². The number of rotatable bonds is 5. The summed E-state index contributed by atoms with van der Waals surface area (Å²) in [5.41, 5.74) is 0. The van der Waals surface area contributed by atoms with Crippen molar-refractivity contribution in [2.24, 2.45) is 11.8 Å². The van der Waals surface area contributed by atoms with Gasteiger partial charge < -0.3 is 10.2 Å². The van der Waals surface area contributed by atoms with Gasteiger partial charge in [-0.1, -0.05) is 13.8 Å². The monoisotopic (exact) mass is 198 g/mol. The van der Waals surface area contributed by atoms with E-state index in [2.05, 4.69) is 38.0 Å². The molecule has 1 N–H and O–H groups in total. The maximum atomic E-state index is 3.30. The van der Waals surface area contributed by atoms with E-state index in [-0.39, 0.29) is 0 Å². The van der Waals surface area contributed by atoms with Gasteiger partial charge in [0.1, 0.15) is 0 Å². The number of hydrogen-bond donors (Lipinski definition) is 1. The lowest BCUT2D eigenvalue weighted by molar-refractivity contribution is 0.228. The third-order valence-electron chi connectivity index (χ3n) is 3.51. The van der Waals surface area contributed by atoms with Gasteiger partial charge in [0, 0.05) is 6.04 Å². The Morgan fingerprint density at radius 3 is 2.71 bits per heavy atom. The largest absolute Gasteiger partial charge is 0.319 e. The summed E-state index contributed by atoms with van der Waals surface area (Å²) >= 11 is 0. The SMILES string of the molecule is CNCC1CCN(CCC(C)C)C1C. The Hall–Kier alpha value is -0.0800. The van der Waals surface area contributed by atoms with E-state index in [1.165, 1.54) is 32.5 Å². The van der Waals surface area contributed by atoms with Gasteiger partial charge in [0.25, 0.3) is 0 Å². The fourth-order valence-electron chi connectivity index (χ4n) is 2.35. The molecule has 1 rings (SSSR count). The lowest BCUT2D eigenvalue weighted by atomic mass is 10.0. The van der Waals surface area contributed by atoms with Crippen LogP contribution in [0.1, 0.15) is 33.6 Å². The molecule has 2 unspecified atom stereocenters. The first kappa shape index (κ1) is 12.0. The second-order valence-corrected chi connectivity index (χ2v) is 5.07. The Morgan fingerprint density at radius 1 is 1.43 bits per heavy atom. The minimum absolute atomic E-state index is 0.779.